The van der Waals surface area contributed by atoms with E-state index in [2.05, 4.69) is 0 Å². The van der Waals surface area contributed by atoms with E-state index >= 15 is 0 Å². The number of carbonyl (C=O) groups is 2. The topological polar surface area (TPSA) is 256 Å². The van der Waals surface area contributed by atoms with Gasteiger partial charge in [-0.1, -0.05) is 0 Å². The predicted octanol–water partition coefficient (Wildman–Crippen LogP) is 0.0200. The summed E-state index contributed by atoms with van der Waals surface area (Å²) in [6.45, 7) is 18.6. The molecule has 0 saturated carbocycles. The summed E-state index contributed by atoms with van der Waals surface area (Å²) in [5.41, 5.74) is 0. The first-order chi connectivity index (χ1) is 39.3. The molecule has 0 heterocycles. The first-order valence-electron chi connectivity index (χ1n) is 27.9. The molecule has 0 bridgehead atoms. The lowest BCUT2D eigenvalue weighted by Gasteiger charge is -2.28. The first kappa shape index (κ1) is 78.0. The molecule has 80 heavy (non-hydrogen) atoms. The van der Waals surface area contributed by atoms with Gasteiger partial charge in [0.25, 0.3) is 0 Å². The largest absolute Gasteiger partial charge is 0.463 e. The fourth-order valence-electron chi connectivity index (χ4n) is 5.99. The van der Waals surface area contributed by atoms with Gasteiger partial charge in [0.2, 0.25) is 0 Å². The Kier molecular flexibility index (Phi) is 64.5. The molecule has 0 saturated heterocycles. The molecule has 0 aliphatic carbocycles. The van der Waals surface area contributed by atoms with Crippen molar-refractivity contribution in [3.63, 3.8) is 0 Å². The van der Waals surface area contributed by atoms with Crippen molar-refractivity contribution in [2.45, 2.75) is 0 Å². The van der Waals surface area contributed by atoms with Gasteiger partial charge in [-0.3, -0.25) is 0 Å². The zero-order valence-electron chi connectivity index (χ0n) is 49.5. The summed E-state index contributed by atoms with van der Waals surface area (Å²) in [6, 6.07) is 0. The van der Waals surface area contributed by atoms with Gasteiger partial charge >= 0.3 is 11.9 Å². The number of carbonyl (C=O) groups excluding carboxylic acids is 2. The highest BCUT2D eigenvalue weighted by atomic mass is 16.6. The zero-order chi connectivity index (χ0) is 58.0. The highest BCUT2D eigenvalue weighted by Gasteiger charge is 2.22. The molecule has 0 fully saturated rings. The normalized spacial score (nSPS) is 11.9. The van der Waals surface area contributed by atoms with E-state index in [4.69, 9.17) is 114 Å². The van der Waals surface area contributed by atoms with Crippen LogP contribution in [0.2, 0.25) is 0 Å². The molecule has 0 aromatic carbocycles. The number of ether oxygens (including phenoxy) is 24. The van der Waals surface area contributed by atoms with Crippen molar-refractivity contribution in [3.8, 4) is 0 Å². The van der Waals surface area contributed by atoms with Gasteiger partial charge in [0.15, 0.2) is 0 Å². The first-order valence-corrected chi connectivity index (χ1v) is 27.9. The number of hydrogen-bond donors (Lipinski definition) is 0. The van der Waals surface area contributed by atoms with Gasteiger partial charge in [0, 0.05) is 14.2 Å². The maximum atomic E-state index is 12.3. The summed E-state index contributed by atoms with van der Waals surface area (Å²) < 4.78 is 130. The van der Waals surface area contributed by atoms with Crippen LogP contribution in [0.1, 0.15) is 0 Å². The number of quaternary nitrogens is 1. The molecule has 0 aromatic heterocycles. The van der Waals surface area contributed by atoms with Crippen LogP contribution in [0.25, 0.3) is 0 Å². The summed E-state index contributed by atoms with van der Waals surface area (Å²) in [7, 11) is 9.28. The minimum absolute atomic E-state index is 0.0705. The van der Waals surface area contributed by atoms with Crippen LogP contribution in [0.15, 0.2) is 0 Å². The van der Waals surface area contributed by atoms with Gasteiger partial charge in [-0.2, -0.15) is 0 Å². The van der Waals surface area contributed by atoms with Crippen LogP contribution in [-0.2, 0) is 123 Å². The Morgan fingerprint density at radius 1 is 0.250 bits per heavy atom. The van der Waals surface area contributed by atoms with E-state index < -0.39 is 11.9 Å². The number of nitrogens with zero attached hydrogens (tertiary/aromatic N) is 1. The fraction of sp³-hybridized carbons (Fsp3) is 0.962. The standard InChI is InChI=1S/C53H106NO26/c1-54(2,3)46-51(47-79-52(55)49-77-44-42-75-40-38-73-36-34-71-32-30-69-28-26-67-24-22-65-20-18-63-16-14-61-12-10-59-8-6-57-4)48-80-53(56)50-78-45-43-76-41-39-74-37-35-72-33-31-70-29-27-68-25-23-66-21-19-64-17-15-62-13-11-60-9-7-58-5/h51H,6-50H2,1-5H3/q+1. The molecule has 0 radical (unpaired) electrons. The molecule has 0 N–H and O–H groups in total. The summed E-state index contributed by atoms with van der Waals surface area (Å²) in [5, 5.41) is 0. The minimum atomic E-state index is -0.520. The van der Waals surface area contributed by atoms with E-state index in [-0.39, 0.29) is 45.6 Å². The average molecular weight is 1170 g/mol. The van der Waals surface area contributed by atoms with Gasteiger partial charge in [0.1, 0.15) is 26.4 Å². The number of hydrogen-bond acceptors (Lipinski definition) is 26. The van der Waals surface area contributed by atoms with Crippen LogP contribution in [0.5, 0.6) is 0 Å². The van der Waals surface area contributed by atoms with Gasteiger partial charge < -0.3 is 118 Å². The molecule has 478 valence electrons. The average Bonchev–Trinajstić information content (AvgIpc) is 3.44. The third-order valence-electron chi connectivity index (χ3n) is 9.77. The van der Waals surface area contributed by atoms with Crippen molar-refractivity contribution in [3.05, 3.63) is 0 Å². The molecular formula is C53H106NO26+. The highest BCUT2D eigenvalue weighted by Crippen LogP contribution is 2.07. The predicted molar refractivity (Wildman–Crippen MR) is 288 cm³/mol. The van der Waals surface area contributed by atoms with E-state index in [0.29, 0.717) is 262 Å². The van der Waals surface area contributed by atoms with E-state index in [1.165, 1.54) is 0 Å². The Morgan fingerprint density at radius 2 is 0.400 bits per heavy atom. The van der Waals surface area contributed by atoms with Crippen LogP contribution in [0.3, 0.4) is 0 Å². The SMILES string of the molecule is COCCOCCOCCOCCOCCOCCOCCOCCOCCOCCOCC(=O)OCC(COC(=O)COCCOCCOCCOCCOCCOCCOCCOCCOCCOCCOC)C[N+](C)(C)C. The number of methoxy groups -OCH3 is 2. The molecule has 27 heteroatoms. The second-order valence-corrected chi connectivity index (χ2v) is 17.8. The van der Waals surface area contributed by atoms with Crippen molar-refractivity contribution < 1.29 is 128 Å². The lowest BCUT2D eigenvalue weighted by molar-refractivity contribution is -0.874. The number of esters is 2. The van der Waals surface area contributed by atoms with Gasteiger partial charge in [-0.05, 0) is 0 Å². The van der Waals surface area contributed by atoms with Crippen LogP contribution in [0, 0.1) is 5.92 Å². The van der Waals surface area contributed by atoms with Crippen molar-refractivity contribution in [1.82, 2.24) is 0 Å². The van der Waals surface area contributed by atoms with E-state index in [1.807, 2.05) is 21.1 Å². The summed E-state index contributed by atoms with van der Waals surface area (Å²) in [5.74, 6) is -1.27. The molecule has 0 aliphatic heterocycles. The van der Waals surface area contributed by atoms with Crippen molar-refractivity contribution >= 4 is 11.9 Å². The molecule has 0 spiro atoms. The minimum Gasteiger partial charge on any atom is -0.463 e. The Labute approximate surface area is 477 Å². The zero-order valence-corrected chi connectivity index (χ0v) is 49.5. The Balaban J connectivity index is 3.53. The summed E-state index contributed by atoms with van der Waals surface area (Å²) in [6.07, 6.45) is 0. The van der Waals surface area contributed by atoms with Crippen molar-refractivity contribution in [2.24, 2.45) is 5.92 Å². The Hall–Kier alpha value is -1.98. The molecule has 0 atom stereocenters. The van der Waals surface area contributed by atoms with Crippen molar-refractivity contribution in [1.29, 1.82) is 0 Å². The van der Waals surface area contributed by atoms with E-state index in [1.54, 1.807) is 14.2 Å². The third-order valence-corrected chi connectivity index (χ3v) is 9.77. The van der Waals surface area contributed by atoms with Gasteiger partial charge in [-0.25, -0.2) is 9.59 Å². The van der Waals surface area contributed by atoms with E-state index in [0.717, 1.165) is 0 Å². The van der Waals surface area contributed by atoms with Gasteiger partial charge in [-0.15, -0.1) is 0 Å². The third kappa shape index (κ3) is 68.5. The van der Waals surface area contributed by atoms with E-state index in [9.17, 15) is 9.59 Å². The monoisotopic (exact) mass is 1170 g/mol. The molecule has 0 rings (SSSR count). The molecule has 0 amide bonds. The molecule has 27 nitrogen and oxygen atoms in total. The number of rotatable bonds is 70. The van der Waals surface area contributed by atoms with Crippen LogP contribution in [0.4, 0.5) is 0 Å². The summed E-state index contributed by atoms with van der Waals surface area (Å²) >= 11 is 0. The van der Waals surface area contributed by atoms with Gasteiger partial charge in [0.05, 0.1) is 298 Å². The highest BCUT2D eigenvalue weighted by molar-refractivity contribution is 5.71. The quantitative estimate of drug-likeness (QED) is 0.0442. The second kappa shape index (κ2) is 66.2. The molecule has 0 aromatic rings. The second-order valence-electron chi connectivity index (χ2n) is 17.8. The lowest BCUT2D eigenvalue weighted by atomic mass is 10.1. The Bertz CT molecular complexity index is 1150. The van der Waals surface area contributed by atoms with Crippen molar-refractivity contribution in [2.75, 3.05) is 333 Å². The lowest BCUT2D eigenvalue weighted by Crippen LogP contribution is -2.42. The fourth-order valence-corrected chi connectivity index (χ4v) is 5.99. The Morgan fingerprint density at radius 3 is 0.550 bits per heavy atom. The molecule has 0 unspecified atom stereocenters. The maximum Gasteiger partial charge on any atom is 0.332 e. The maximum absolute atomic E-state index is 12.3. The smallest absolute Gasteiger partial charge is 0.332 e. The molecule has 0 aliphatic rings. The van der Waals surface area contributed by atoms with Crippen LogP contribution in [-0.4, -0.2) is 349 Å². The van der Waals surface area contributed by atoms with Crippen LogP contribution >= 0.6 is 0 Å². The summed E-state index contributed by atoms with van der Waals surface area (Å²) in [4.78, 5) is 24.7. The van der Waals surface area contributed by atoms with Crippen LogP contribution < -0.4 is 0 Å². The molecular weight excluding hydrogens is 1070 g/mol.